The Morgan fingerprint density at radius 1 is 1.29 bits per heavy atom. The molecule has 0 aliphatic heterocycles. The van der Waals surface area contributed by atoms with Gasteiger partial charge in [-0.05, 0) is 12.1 Å². The molecular formula is C9H7F2N3. The summed E-state index contributed by atoms with van der Waals surface area (Å²) in [4.78, 5) is 7.72. The Hall–Kier alpha value is -1.78. The van der Waals surface area contributed by atoms with Crippen molar-refractivity contribution in [2.45, 2.75) is 6.43 Å². The van der Waals surface area contributed by atoms with Crippen LogP contribution in [0.4, 0.5) is 8.78 Å². The van der Waals surface area contributed by atoms with E-state index >= 15 is 0 Å². The zero-order chi connectivity index (χ0) is 9.97. The van der Waals surface area contributed by atoms with Crippen molar-refractivity contribution in [3.8, 4) is 5.82 Å². The molecule has 3 nitrogen and oxygen atoms in total. The first kappa shape index (κ1) is 8.80. The molecule has 0 amide bonds. The molecule has 5 heteroatoms. The number of halogens is 2. The molecule has 0 bridgehead atoms. The number of alkyl halides is 2. The Morgan fingerprint density at radius 3 is 2.64 bits per heavy atom. The first-order chi connectivity index (χ1) is 6.77. The first-order valence-corrected chi connectivity index (χ1v) is 4.00. The van der Waals surface area contributed by atoms with Crippen molar-refractivity contribution < 1.29 is 8.78 Å². The molecule has 0 saturated heterocycles. The van der Waals surface area contributed by atoms with Crippen molar-refractivity contribution in [3.63, 3.8) is 0 Å². The summed E-state index contributed by atoms with van der Waals surface area (Å²) in [6, 6.07) is 2.89. The standard InChI is InChI=1S/C9H7F2N3/c10-9(11)7-1-2-8(13-5-7)14-4-3-12-6-14/h1-6,9H. The van der Waals surface area contributed by atoms with E-state index in [0.29, 0.717) is 5.82 Å². The van der Waals surface area contributed by atoms with Crippen LogP contribution in [0.15, 0.2) is 37.1 Å². The molecule has 0 aromatic carbocycles. The first-order valence-electron chi connectivity index (χ1n) is 4.00. The molecule has 2 heterocycles. The lowest BCUT2D eigenvalue weighted by Crippen LogP contribution is -1.95. The summed E-state index contributed by atoms with van der Waals surface area (Å²) in [5.41, 5.74) is -0.0751. The number of aromatic nitrogens is 3. The molecule has 0 unspecified atom stereocenters. The summed E-state index contributed by atoms with van der Waals surface area (Å²) in [6.45, 7) is 0. The Labute approximate surface area is 79.0 Å². The zero-order valence-corrected chi connectivity index (χ0v) is 7.14. The van der Waals surface area contributed by atoms with Gasteiger partial charge in [0, 0.05) is 24.2 Å². The van der Waals surface area contributed by atoms with E-state index in [1.165, 1.54) is 18.3 Å². The zero-order valence-electron chi connectivity index (χ0n) is 7.14. The molecular weight excluding hydrogens is 188 g/mol. The van der Waals surface area contributed by atoms with Crippen molar-refractivity contribution in [1.82, 2.24) is 14.5 Å². The highest BCUT2D eigenvalue weighted by atomic mass is 19.3. The Morgan fingerprint density at radius 2 is 2.14 bits per heavy atom. The Kier molecular flexibility index (Phi) is 2.22. The molecule has 0 spiro atoms. The van der Waals surface area contributed by atoms with Gasteiger partial charge < -0.3 is 0 Å². The van der Waals surface area contributed by atoms with Crippen LogP contribution in [0.3, 0.4) is 0 Å². The van der Waals surface area contributed by atoms with Crippen molar-refractivity contribution >= 4 is 0 Å². The van der Waals surface area contributed by atoms with Gasteiger partial charge >= 0.3 is 0 Å². The van der Waals surface area contributed by atoms with Crippen LogP contribution >= 0.6 is 0 Å². The van der Waals surface area contributed by atoms with E-state index in [-0.39, 0.29) is 5.56 Å². The third-order valence-corrected chi connectivity index (χ3v) is 1.79. The summed E-state index contributed by atoms with van der Waals surface area (Å²) in [6.07, 6.45) is 3.55. The summed E-state index contributed by atoms with van der Waals surface area (Å²) < 4.78 is 26.0. The highest BCUT2D eigenvalue weighted by Crippen LogP contribution is 2.17. The van der Waals surface area contributed by atoms with Gasteiger partial charge in [-0.3, -0.25) is 4.57 Å². The lowest BCUT2D eigenvalue weighted by Gasteiger charge is -2.02. The van der Waals surface area contributed by atoms with Crippen molar-refractivity contribution in [1.29, 1.82) is 0 Å². The van der Waals surface area contributed by atoms with Crippen molar-refractivity contribution in [2.75, 3.05) is 0 Å². The normalized spacial score (nSPS) is 10.8. The maximum Gasteiger partial charge on any atom is 0.265 e. The van der Waals surface area contributed by atoms with Crippen LogP contribution in [0.5, 0.6) is 0 Å². The molecule has 2 rings (SSSR count). The van der Waals surface area contributed by atoms with Crippen LogP contribution in [-0.2, 0) is 0 Å². The van der Waals surface area contributed by atoms with Crippen LogP contribution in [-0.4, -0.2) is 14.5 Å². The van der Waals surface area contributed by atoms with E-state index in [1.807, 2.05) is 0 Å². The van der Waals surface area contributed by atoms with E-state index in [2.05, 4.69) is 9.97 Å². The molecule has 0 aliphatic carbocycles. The predicted molar refractivity (Wildman–Crippen MR) is 46.3 cm³/mol. The number of rotatable bonds is 2. The highest BCUT2D eigenvalue weighted by Gasteiger charge is 2.06. The average Bonchev–Trinajstić information content (AvgIpc) is 2.71. The van der Waals surface area contributed by atoms with E-state index in [9.17, 15) is 8.78 Å². The summed E-state index contributed by atoms with van der Waals surface area (Å²) in [7, 11) is 0. The van der Waals surface area contributed by atoms with E-state index in [4.69, 9.17) is 0 Å². The lowest BCUT2D eigenvalue weighted by atomic mass is 10.3. The fourth-order valence-corrected chi connectivity index (χ4v) is 1.07. The Bertz CT molecular complexity index is 395. The number of hydrogen-bond donors (Lipinski definition) is 0. The van der Waals surface area contributed by atoms with Crippen LogP contribution in [0.2, 0.25) is 0 Å². The van der Waals surface area contributed by atoms with Gasteiger partial charge in [-0.1, -0.05) is 0 Å². The van der Waals surface area contributed by atoms with E-state index in [0.717, 1.165) is 0 Å². The van der Waals surface area contributed by atoms with Crippen LogP contribution in [0.25, 0.3) is 5.82 Å². The molecule has 2 aromatic rings. The van der Waals surface area contributed by atoms with Gasteiger partial charge in [0.15, 0.2) is 0 Å². The second kappa shape index (κ2) is 3.53. The minimum Gasteiger partial charge on any atom is -0.291 e. The minimum absolute atomic E-state index is 0.0751. The molecule has 0 fully saturated rings. The van der Waals surface area contributed by atoms with Crippen LogP contribution in [0, 0.1) is 0 Å². The number of nitrogens with zero attached hydrogens (tertiary/aromatic N) is 3. The predicted octanol–water partition coefficient (Wildman–Crippen LogP) is 2.20. The molecule has 0 aliphatic rings. The number of hydrogen-bond acceptors (Lipinski definition) is 2. The molecule has 0 N–H and O–H groups in total. The molecule has 72 valence electrons. The fourth-order valence-electron chi connectivity index (χ4n) is 1.07. The van der Waals surface area contributed by atoms with E-state index < -0.39 is 6.43 Å². The highest BCUT2D eigenvalue weighted by molar-refractivity contribution is 5.25. The second-order valence-electron chi connectivity index (χ2n) is 2.72. The van der Waals surface area contributed by atoms with Gasteiger partial charge in [-0.15, -0.1) is 0 Å². The minimum atomic E-state index is -2.47. The molecule has 14 heavy (non-hydrogen) atoms. The van der Waals surface area contributed by atoms with E-state index in [1.54, 1.807) is 23.3 Å². The largest absolute Gasteiger partial charge is 0.291 e. The van der Waals surface area contributed by atoms with Crippen LogP contribution in [0.1, 0.15) is 12.0 Å². The summed E-state index contributed by atoms with van der Waals surface area (Å²) in [5.74, 6) is 0.576. The third-order valence-electron chi connectivity index (χ3n) is 1.79. The van der Waals surface area contributed by atoms with Crippen LogP contribution < -0.4 is 0 Å². The molecule has 0 saturated carbocycles. The quantitative estimate of drug-likeness (QED) is 0.735. The summed E-state index contributed by atoms with van der Waals surface area (Å²) >= 11 is 0. The van der Waals surface area contributed by atoms with Gasteiger partial charge in [0.05, 0.1) is 0 Å². The topological polar surface area (TPSA) is 30.7 Å². The van der Waals surface area contributed by atoms with Crippen molar-refractivity contribution in [3.05, 3.63) is 42.6 Å². The number of pyridine rings is 1. The third kappa shape index (κ3) is 1.61. The average molecular weight is 195 g/mol. The monoisotopic (exact) mass is 195 g/mol. The van der Waals surface area contributed by atoms with Gasteiger partial charge in [-0.2, -0.15) is 0 Å². The lowest BCUT2D eigenvalue weighted by molar-refractivity contribution is 0.151. The maximum atomic E-state index is 12.2. The Balaban J connectivity index is 2.31. The molecule has 2 aromatic heterocycles. The number of imidazole rings is 1. The smallest absolute Gasteiger partial charge is 0.265 e. The SMILES string of the molecule is FC(F)c1ccc(-n2ccnc2)nc1. The molecule has 0 radical (unpaired) electrons. The summed E-state index contributed by atoms with van der Waals surface area (Å²) in [5, 5.41) is 0. The van der Waals surface area contributed by atoms with Gasteiger partial charge in [-0.25, -0.2) is 18.7 Å². The van der Waals surface area contributed by atoms with Crippen molar-refractivity contribution in [2.24, 2.45) is 0 Å². The second-order valence-corrected chi connectivity index (χ2v) is 2.72. The van der Waals surface area contributed by atoms with Gasteiger partial charge in [0.1, 0.15) is 12.1 Å². The fraction of sp³-hybridized carbons (Fsp3) is 0.111. The molecule has 0 atom stereocenters. The maximum absolute atomic E-state index is 12.2. The van der Waals surface area contributed by atoms with Gasteiger partial charge in [0.25, 0.3) is 6.43 Å². The van der Waals surface area contributed by atoms with Gasteiger partial charge in [0.2, 0.25) is 0 Å².